The number of nitrogens with zero attached hydrogens (tertiary/aromatic N) is 5. The Hall–Kier alpha value is -3.96. The molecule has 2 aromatic carbocycles. The van der Waals surface area contributed by atoms with E-state index in [1.165, 1.54) is 16.1 Å². The smallest absolute Gasteiger partial charge is 0.248 e. The molecule has 0 bridgehead atoms. The normalized spacial score (nSPS) is 14.0. The molecule has 0 radical (unpaired) electrons. The standard InChI is InChI=1S/C29H31ClN6O4S/c1-39-23-14-13-19(16-24(23)40-2)28-32-34-36(33-28)18-26(37)35(17-20-8-3-6-11-22(20)30)27(25-12-7-15-41-25)29(38)31-21-9-4-5-10-21/h3,6-8,11-16,21,27H,4-5,9-10,17-18H2,1-2H3,(H,31,38)/t27-/m1/s1. The third kappa shape index (κ3) is 6.68. The first kappa shape index (κ1) is 28.6. The zero-order chi connectivity index (χ0) is 28.8. The number of tetrazole rings is 1. The zero-order valence-corrected chi connectivity index (χ0v) is 24.4. The molecule has 2 amide bonds. The Labute approximate surface area is 247 Å². The Morgan fingerprint density at radius 1 is 1.10 bits per heavy atom. The SMILES string of the molecule is COc1ccc(-c2nnn(CC(=O)N(Cc3ccccc3Cl)[C@@H](C(=O)NC3CCCC3)c3cccs3)n2)cc1OC. The number of aromatic nitrogens is 4. The van der Waals surface area contributed by atoms with Crippen LogP contribution in [0.15, 0.2) is 60.0 Å². The molecular weight excluding hydrogens is 564 g/mol. The minimum Gasteiger partial charge on any atom is -0.493 e. The van der Waals surface area contributed by atoms with E-state index in [9.17, 15) is 9.59 Å². The monoisotopic (exact) mass is 594 g/mol. The molecule has 1 aliphatic rings. The number of hydrogen-bond acceptors (Lipinski definition) is 8. The summed E-state index contributed by atoms with van der Waals surface area (Å²) in [5.41, 5.74) is 1.39. The molecule has 4 aromatic rings. The van der Waals surface area contributed by atoms with Crippen molar-refractivity contribution in [2.24, 2.45) is 0 Å². The van der Waals surface area contributed by atoms with Crippen molar-refractivity contribution in [1.29, 1.82) is 0 Å². The molecule has 12 heteroatoms. The number of benzene rings is 2. The van der Waals surface area contributed by atoms with Crippen LogP contribution < -0.4 is 14.8 Å². The molecule has 0 saturated heterocycles. The minimum absolute atomic E-state index is 0.100. The van der Waals surface area contributed by atoms with Gasteiger partial charge >= 0.3 is 0 Å². The third-order valence-electron chi connectivity index (χ3n) is 7.06. The third-order valence-corrected chi connectivity index (χ3v) is 8.36. The van der Waals surface area contributed by atoms with Crippen LogP contribution >= 0.6 is 22.9 Å². The quantitative estimate of drug-likeness (QED) is 0.263. The van der Waals surface area contributed by atoms with Crippen LogP contribution in [0.1, 0.15) is 42.2 Å². The minimum atomic E-state index is -0.840. The van der Waals surface area contributed by atoms with E-state index in [0.29, 0.717) is 27.9 Å². The van der Waals surface area contributed by atoms with Crippen molar-refractivity contribution >= 4 is 34.8 Å². The first-order valence-corrected chi connectivity index (χ1v) is 14.6. The number of rotatable bonds is 11. The maximum absolute atomic E-state index is 14.0. The predicted molar refractivity (Wildman–Crippen MR) is 156 cm³/mol. The van der Waals surface area contributed by atoms with Gasteiger partial charge in [0.15, 0.2) is 11.5 Å². The molecule has 0 aliphatic heterocycles. The van der Waals surface area contributed by atoms with Crippen molar-refractivity contribution in [1.82, 2.24) is 30.4 Å². The van der Waals surface area contributed by atoms with Crippen LogP contribution in [0.2, 0.25) is 5.02 Å². The van der Waals surface area contributed by atoms with Crippen molar-refractivity contribution in [3.05, 3.63) is 75.4 Å². The fourth-order valence-electron chi connectivity index (χ4n) is 4.97. The van der Waals surface area contributed by atoms with Crippen LogP contribution in [0.5, 0.6) is 11.5 Å². The number of methoxy groups -OCH3 is 2. The van der Waals surface area contributed by atoms with E-state index in [1.807, 2.05) is 35.7 Å². The van der Waals surface area contributed by atoms with E-state index in [1.54, 1.807) is 43.4 Å². The summed E-state index contributed by atoms with van der Waals surface area (Å²) in [4.78, 5) is 31.3. The Bertz CT molecular complexity index is 1490. The van der Waals surface area contributed by atoms with Gasteiger partial charge in [-0.15, -0.1) is 21.5 Å². The molecule has 1 aliphatic carbocycles. The van der Waals surface area contributed by atoms with Crippen LogP contribution in [-0.2, 0) is 22.7 Å². The molecule has 2 aromatic heterocycles. The summed E-state index contributed by atoms with van der Waals surface area (Å²) in [5.74, 6) is 0.864. The van der Waals surface area contributed by atoms with Gasteiger partial charge in [-0.05, 0) is 59.3 Å². The summed E-state index contributed by atoms with van der Waals surface area (Å²) in [5, 5.41) is 18.3. The van der Waals surface area contributed by atoms with Gasteiger partial charge < -0.3 is 19.7 Å². The number of carbonyl (C=O) groups is 2. The van der Waals surface area contributed by atoms with Gasteiger partial charge in [0.1, 0.15) is 12.6 Å². The topological polar surface area (TPSA) is 111 Å². The van der Waals surface area contributed by atoms with E-state index in [4.69, 9.17) is 21.1 Å². The second-order valence-electron chi connectivity index (χ2n) is 9.73. The van der Waals surface area contributed by atoms with Crippen molar-refractivity contribution in [3.63, 3.8) is 0 Å². The van der Waals surface area contributed by atoms with Crippen molar-refractivity contribution in [3.8, 4) is 22.9 Å². The summed E-state index contributed by atoms with van der Waals surface area (Å²) < 4.78 is 10.7. The highest BCUT2D eigenvalue weighted by Gasteiger charge is 2.34. The Morgan fingerprint density at radius 3 is 2.59 bits per heavy atom. The van der Waals surface area contributed by atoms with E-state index in [0.717, 1.165) is 36.1 Å². The summed E-state index contributed by atoms with van der Waals surface area (Å²) in [6.45, 7) is -0.0836. The van der Waals surface area contributed by atoms with Gasteiger partial charge in [0.2, 0.25) is 17.6 Å². The van der Waals surface area contributed by atoms with Gasteiger partial charge in [0, 0.05) is 28.0 Å². The molecule has 1 atom stereocenters. The first-order valence-electron chi connectivity index (χ1n) is 13.3. The average Bonchev–Trinajstić information content (AvgIpc) is 3.77. The largest absolute Gasteiger partial charge is 0.493 e. The highest BCUT2D eigenvalue weighted by molar-refractivity contribution is 7.10. The van der Waals surface area contributed by atoms with E-state index >= 15 is 0 Å². The summed E-state index contributed by atoms with van der Waals surface area (Å²) in [6, 6.07) is 15.6. The lowest BCUT2D eigenvalue weighted by Gasteiger charge is -2.31. The van der Waals surface area contributed by atoms with Gasteiger partial charge in [-0.2, -0.15) is 4.80 Å². The average molecular weight is 595 g/mol. The Morgan fingerprint density at radius 2 is 1.88 bits per heavy atom. The highest BCUT2D eigenvalue weighted by Crippen LogP contribution is 2.32. The first-order chi connectivity index (χ1) is 20.0. The number of hydrogen-bond donors (Lipinski definition) is 1. The second kappa shape index (κ2) is 13.1. The van der Waals surface area contributed by atoms with Crippen LogP contribution in [-0.4, -0.2) is 57.2 Å². The van der Waals surface area contributed by atoms with Crippen LogP contribution in [0, 0.1) is 0 Å². The predicted octanol–water partition coefficient (Wildman–Crippen LogP) is 4.90. The number of nitrogens with one attached hydrogen (secondary N) is 1. The van der Waals surface area contributed by atoms with Gasteiger partial charge in [-0.1, -0.05) is 48.7 Å². The summed E-state index contributed by atoms with van der Waals surface area (Å²) in [7, 11) is 3.11. The maximum Gasteiger partial charge on any atom is 0.248 e. The number of thiophene rings is 1. The molecule has 10 nitrogen and oxygen atoms in total. The summed E-state index contributed by atoms with van der Waals surface area (Å²) >= 11 is 7.93. The molecule has 41 heavy (non-hydrogen) atoms. The molecule has 1 fully saturated rings. The molecule has 0 unspecified atom stereocenters. The van der Waals surface area contributed by atoms with Crippen molar-refractivity contribution in [2.75, 3.05) is 14.2 Å². The molecule has 2 heterocycles. The highest BCUT2D eigenvalue weighted by atomic mass is 35.5. The Kier molecular flexibility index (Phi) is 9.15. The fraction of sp³-hybridized carbons (Fsp3) is 0.345. The molecule has 1 N–H and O–H groups in total. The zero-order valence-electron chi connectivity index (χ0n) is 22.8. The van der Waals surface area contributed by atoms with Gasteiger partial charge in [-0.25, -0.2) is 0 Å². The molecular formula is C29H31ClN6O4S. The number of halogens is 1. The van der Waals surface area contributed by atoms with Crippen molar-refractivity contribution < 1.29 is 19.1 Å². The second-order valence-corrected chi connectivity index (χ2v) is 11.1. The van der Waals surface area contributed by atoms with Crippen LogP contribution in [0.4, 0.5) is 0 Å². The number of amides is 2. The van der Waals surface area contributed by atoms with Crippen molar-refractivity contribution in [2.45, 2.75) is 50.9 Å². The van der Waals surface area contributed by atoms with E-state index in [2.05, 4.69) is 20.7 Å². The number of carbonyl (C=O) groups excluding carboxylic acids is 2. The molecule has 214 valence electrons. The lowest BCUT2D eigenvalue weighted by molar-refractivity contribution is -0.142. The van der Waals surface area contributed by atoms with E-state index < -0.39 is 6.04 Å². The van der Waals surface area contributed by atoms with E-state index in [-0.39, 0.29) is 30.9 Å². The van der Waals surface area contributed by atoms with Gasteiger partial charge in [0.05, 0.1) is 14.2 Å². The lowest BCUT2D eigenvalue weighted by Crippen LogP contribution is -2.46. The lowest BCUT2D eigenvalue weighted by atomic mass is 10.1. The van der Waals surface area contributed by atoms with Gasteiger partial charge in [0.25, 0.3) is 0 Å². The Balaban J connectivity index is 1.44. The molecule has 0 spiro atoms. The molecule has 1 saturated carbocycles. The summed E-state index contributed by atoms with van der Waals surface area (Å²) in [6.07, 6.45) is 4.03. The maximum atomic E-state index is 14.0. The van der Waals surface area contributed by atoms with Gasteiger partial charge in [-0.3, -0.25) is 9.59 Å². The fourth-order valence-corrected chi connectivity index (χ4v) is 6.00. The number of ether oxygens (including phenoxy) is 2. The molecule has 5 rings (SSSR count). The van der Waals surface area contributed by atoms with Crippen LogP contribution in [0.3, 0.4) is 0 Å². The van der Waals surface area contributed by atoms with Crippen LogP contribution in [0.25, 0.3) is 11.4 Å².